The molecule has 2 heterocycles. The maximum Gasteiger partial charge on any atom is 0.228 e. The largest absolute Gasteiger partial charge is 0.377 e. The number of anilines is 2. The van der Waals surface area contributed by atoms with Crippen LogP contribution in [0.15, 0.2) is 48.5 Å². The summed E-state index contributed by atoms with van der Waals surface area (Å²) in [5.41, 5.74) is 4.70. The van der Waals surface area contributed by atoms with Crippen molar-refractivity contribution in [3.8, 4) is 0 Å². The summed E-state index contributed by atoms with van der Waals surface area (Å²) in [5, 5.41) is 4.74. The summed E-state index contributed by atoms with van der Waals surface area (Å²) >= 11 is 5.91. The minimum Gasteiger partial charge on any atom is -0.377 e. The summed E-state index contributed by atoms with van der Waals surface area (Å²) in [4.78, 5) is 19.5. The average Bonchev–Trinajstić information content (AvgIpc) is 3.17. The van der Waals surface area contributed by atoms with E-state index in [9.17, 15) is 4.79 Å². The quantitative estimate of drug-likeness (QED) is 0.606. The summed E-state index contributed by atoms with van der Waals surface area (Å²) in [6, 6.07) is 15.4. The Hall–Kier alpha value is -2.63. The highest BCUT2D eigenvalue weighted by molar-refractivity contribution is 6.30. The molecule has 1 saturated heterocycles. The summed E-state index contributed by atoms with van der Waals surface area (Å²) in [6.45, 7) is 6.66. The first kappa shape index (κ1) is 20.6. The highest BCUT2D eigenvalue weighted by atomic mass is 35.5. The molecule has 1 fully saturated rings. The Morgan fingerprint density at radius 2 is 2.03 bits per heavy atom. The van der Waals surface area contributed by atoms with Gasteiger partial charge in [-0.15, -0.1) is 0 Å². The van der Waals surface area contributed by atoms with Gasteiger partial charge in [-0.3, -0.25) is 9.78 Å². The maximum atomic E-state index is 12.5. The molecule has 1 amide bonds. The van der Waals surface area contributed by atoms with Crippen molar-refractivity contribution in [1.29, 1.82) is 0 Å². The molecule has 0 bridgehead atoms. The minimum atomic E-state index is -0.0661. The van der Waals surface area contributed by atoms with Crippen LogP contribution in [0.2, 0.25) is 5.02 Å². The Kier molecular flexibility index (Phi) is 6.21. The fourth-order valence-electron chi connectivity index (χ4n) is 3.99. The van der Waals surface area contributed by atoms with Crippen LogP contribution in [-0.4, -0.2) is 36.7 Å². The number of nitrogens with zero attached hydrogens (tertiary/aromatic N) is 2. The lowest BCUT2D eigenvalue weighted by molar-refractivity contribution is -0.115. The van der Waals surface area contributed by atoms with E-state index in [1.54, 1.807) is 12.1 Å². The lowest BCUT2D eigenvalue weighted by Crippen LogP contribution is -2.23. The number of aromatic nitrogens is 1. The zero-order chi connectivity index (χ0) is 21.1. The number of hydrogen-bond donors (Lipinski definition) is 1. The van der Waals surface area contributed by atoms with Gasteiger partial charge in [0.15, 0.2) is 0 Å². The second-order valence-electron chi connectivity index (χ2n) is 7.68. The number of aryl methyl sites for hydroxylation is 1. The molecule has 0 aliphatic carbocycles. The molecule has 0 radical (unpaired) electrons. The lowest BCUT2D eigenvalue weighted by atomic mass is 10.1. The van der Waals surface area contributed by atoms with Crippen LogP contribution in [0.4, 0.5) is 11.4 Å². The van der Waals surface area contributed by atoms with Crippen LogP contribution in [0, 0.1) is 6.92 Å². The number of rotatable bonds is 6. The van der Waals surface area contributed by atoms with E-state index in [0.29, 0.717) is 11.4 Å². The Labute approximate surface area is 182 Å². The normalized spacial score (nSPS) is 16.2. The molecule has 156 valence electrons. The summed E-state index contributed by atoms with van der Waals surface area (Å²) in [6.07, 6.45) is 1.62. The van der Waals surface area contributed by atoms with E-state index in [1.807, 2.05) is 44.2 Å². The molecule has 1 atom stereocenters. The fourth-order valence-corrected chi connectivity index (χ4v) is 4.12. The van der Waals surface area contributed by atoms with Gasteiger partial charge in [-0.05, 0) is 62.2 Å². The summed E-state index contributed by atoms with van der Waals surface area (Å²) < 4.78 is 5.80. The molecule has 2 aromatic carbocycles. The van der Waals surface area contributed by atoms with Crippen molar-refractivity contribution >= 4 is 39.8 Å². The van der Waals surface area contributed by atoms with Gasteiger partial charge < -0.3 is 15.0 Å². The highest BCUT2D eigenvalue weighted by Crippen LogP contribution is 2.31. The monoisotopic (exact) mass is 423 g/mol. The SMILES string of the molecule is CCOC1CCN(c2cc(C)nc3cc(NC(=O)Cc4ccc(Cl)cc4)ccc23)C1. The standard InChI is InChI=1S/C24H26ClN3O2/c1-3-30-20-10-11-28(15-20)23-12-16(2)26-22-14-19(8-9-21(22)23)27-24(29)13-17-4-6-18(25)7-5-17/h4-9,12,14,20H,3,10-11,13,15H2,1-2H3,(H,27,29). The van der Waals surface area contributed by atoms with Crippen LogP contribution in [0.3, 0.4) is 0 Å². The molecule has 4 rings (SSSR count). The van der Waals surface area contributed by atoms with Crippen molar-refractivity contribution in [2.24, 2.45) is 0 Å². The molecule has 1 aliphatic heterocycles. The Morgan fingerprint density at radius 1 is 1.23 bits per heavy atom. The first-order chi connectivity index (χ1) is 14.5. The molecule has 1 N–H and O–H groups in total. The molecular formula is C24H26ClN3O2. The third-order valence-corrected chi connectivity index (χ3v) is 5.62. The van der Waals surface area contributed by atoms with Gasteiger partial charge in [-0.2, -0.15) is 0 Å². The third kappa shape index (κ3) is 4.74. The van der Waals surface area contributed by atoms with Crippen molar-refractivity contribution in [2.75, 3.05) is 29.9 Å². The number of fused-ring (bicyclic) bond motifs is 1. The first-order valence-corrected chi connectivity index (χ1v) is 10.7. The number of ether oxygens (including phenoxy) is 1. The molecule has 0 spiro atoms. The van der Waals surface area contributed by atoms with Gasteiger partial charge in [0.05, 0.1) is 18.0 Å². The fraction of sp³-hybridized carbons (Fsp3) is 0.333. The van der Waals surface area contributed by atoms with Crippen LogP contribution in [0.5, 0.6) is 0 Å². The van der Waals surface area contributed by atoms with Crippen molar-refractivity contribution in [3.05, 3.63) is 64.8 Å². The second kappa shape index (κ2) is 9.02. The van der Waals surface area contributed by atoms with Crippen LogP contribution in [0.25, 0.3) is 10.9 Å². The van der Waals surface area contributed by atoms with E-state index >= 15 is 0 Å². The highest BCUT2D eigenvalue weighted by Gasteiger charge is 2.24. The lowest BCUT2D eigenvalue weighted by Gasteiger charge is -2.21. The molecule has 3 aromatic rings. The van der Waals surface area contributed by atoms with Gasteiger partial charge in [0, 0.05) is 47.2 Å². The van der Waals surface area contributed by atoms with E-state index in [2.05, 4.69) is 16.3 Å². The molecule has 30 heavy (non-hydrogen) atoms. The number of benzene rings is 2. The molecule has 5 nitrogen and oxygen atoms in total. The van der Waals surface area contributed by atoms with Crippen LogP contribution >= 0.6 is 11.6 Å². The predicted octanol–water partition coefficient (Wildman–Crippen LogP) is 4.99. The number of hydrogen-bond acceptors (Lipinski definition) is 4. The van der Waals surface area contributed by atoms with E-state index in [1.165, 1.54) is 5.69 Å². The van der Waals surface area contributed by atoms with Crippen LogP contribution in [0.1, 0.15) is 24.6 Å². The minimum absolute atomic E-state index is 0.0661. The van der Waals surface area contributed by atoms with Crippen molar-refractivity contribution in [2.45, 2.75) is 32.8 Å². The number of amides is 1. The maximum absolute atomic E-state index is 12.5. The first-order valence-electron chi connectivity index (χ1n) is 10.3. The number of pyridine rings is 1. The van der Waals surface area contributed by atoms with Gasteiger partial charge in [-0.1, -0.05) is 23.7 Å². The van der Waals surface area contributed by atoms with Gasteiger partial charge in [-0.25, -0.2) is 0 Å². The molecular weight excluding hydrogens is 398 g/mol. The zero-order valence-corrected chi connectivity index (χ0v) is 18.1. The number of carbonyl (C=O) groups is 1. The van der Waals surface area contributed by atoms with E-state index in [-0.39, 0.29) is 12.0 Å². The topological polar surface area (TPSA) is 54.5 Å². The van der Waals surface area contributed by atoms with Crippen molar-refractivity contribution in [1.82, 2.24) is 4.98 Å². The molecule has 6 heteroatoms. The van der Waals surface area contributed by atoms with E-state index < -0.39 is 0 Å². The van der Waals surface area contributed by atoms with Gasteiger partial charge in [0.25, 0.3) is 0 Å². The predicted molar refractivity (Wildman–Crippen MR) is 123 cm³/mol. The summed E-state index contributed by atoms with van der Waals surface area (Å²) in [7, 11) is 0. The Morgan fingerprint density at radius 3 is 2.80 bits per heavy atom. The number of halogens is 1. The number of carbonyl (C=O) groups excluding carboxylic acids is 1. The van der Waals surface area contributed by atoms with Crippen LogP contribution in [-0.2, 0) is 16.0 Å². The summed E-state index contributed by atoms with van der Waals surface area (Å²) in [5.74, 6) is -0.0661. The average molecular weight is 424 g/mol. The second-order valence-corrected chi connectivity index (χ2v) is 8.11. The zero-order valence-electron chi connectivity index (χ0n) is 17.3. The van der Waals surface area contributed by atoms with Crippen molar-refractivity contribution in [3.63, 3.8) is 0 Å². The molecule has 0 saturated carbocycles. The number of nitrogens with one attached hydrogen (secondary N) is 1. The molecule has 1 unspecified atom stereocenters. The van der Waals surface area contributed by atoms with Gasteiger partial charge >= 0.3 is 0 Å². The molecule has 1 aliphatic rings. The molecule has 1 aromatic heterocycles. The Balaban J connectivity index is 1.52. The van der Waals surface area contributed by atoms with E-state index in [0.717, 1.165) is 54.0 Å². The van der Waals surface area contributed by atoms with Gasteiger partial charge in [0.1, 0.15) is 0 Å². The van der Waals surface area contributed by atoms with Gasteiger partial charge in [0.2, 0.25) is 5.91 Å². The van der Waals surface area contributed by atoms with Crippen molar-refractivity contribution < 1.29 is 9.53 Å². The smallest absolute Gasteiger partial charge is 0.228 e. The third-order valence-electron chi connectivity index (χ3n) is 5.37. The van der Waals surface area contributed by atoms with E-state index in [4.69, 9.17) is 21.3 Å². The van der Waals surface area contributed by atoms with Crippen LogP contribution < -0.4 is 10.2 Å². The Bertz CT molecular complexity index is 1050.